The van der Waals surface area contributed by atoms with Gasteiger partial charge in [0.15, 0.2) is 0 Å². The fourth-order valence-corrected chi connectivity index (χ4v) is 3.98. The lowest BCUT2D eigenvalue weighted by atomic mass is 9.97. The predicted molar refractivity (Wildman–Crippen MR) is 98.4 cm³/mol. The number of hydrogen-bond acceptors (Lipinski definition) is 4. The topological polar surface area (TPSA) is 68.1 Å². The molecule has 4 rings (SSSR count). The molecule has 1 saturated carbocycles. The van der Waals surface area contributed by atoms with Crippen LogP contribution in [0.25, 0.3) is 11.3 Å². The highest BCUT2D eigenvalue weighted by Gasteiger charge is 2.32. The summed E-state index contributed by atoms with van der Waals surface area (Å²) in [5.74, 6) is 1.17. The monoisotopic (exact) mass is 352 g/mol. The van der Waals surface area contributed by atoms with Gasteiger partial charge in [-0.1, -0.05) is 12.8 Å². The van der Waals surface area contributed by atoms with Gasteiger partial charge in [0, 0.05) is 49.5 Å². The van der Waals surface area contributed by atoms with Gasteiger partial charge in [-0.2, -0.15) is 5.10 Å². The molecule has 0 unspecified atom stereocenters. The molecule has 0 spiro atoms. The van der Waals surface area contributed by atoms with Gasteiger partial charge in [0.05, 0.1) is 12.2 Å². The largest absolute Gasteiger partial charge is 0.342 e. The first-order chi connectivity index (χ1) is 12.7. The second-order valence-corrected chi connectivity index (χ2v) is 7.49. The standard InChI is InChI=1S/C20H24N4O2/c25-19-6-5-18(17-7-9-21-10-8-17)22-24(19)14-16-12-23(13-16)20(26)11-15-3-1-2-4-15/h5-10,15-16H,1-4,11-14H2. The van der Waals surface area contributed by atoms with E-state index >= 15 is 0 Å². The van der Waals surface area contributed by atoms with E-state index in [0.29, 0.717) is 24.8 Å². The van der Waals surface area contributed by atoms with Gasteiger partial charge in [0.25, 0.3) is 5.56 Å². The summed E-state index contributed by atoms with van der Waals surface area (Å²) in [5, 5.41) is 4.49. The summed E-state index contributed by atoms with van der Waals surface area (Å²) < 4.78 is 1.53. The van der Waals surface area contributed by atoms with Gasteiger partial charge in [0.1, 0.15) is 0 Å². The second kappa shape index (κ2) is 7.40. The van der Waals surface area contributed by atoms with E-state index in [1.54, 1.807) is 24.5 Å². The smallest absolute Gasteiger partial charge is 0.266 e. The first kappa shape index (κ1) is 16.9. The lowest BCUT2D eigenvalue weighted by Crippen LogP contribution is -2.52. The number of amides is 1. The fourth-order valence-electron chi connectivity index (χ4n) is 3.98. The number of likely N-dealkylation sites (tertiary alicyclic amines) is 1. The molecule has 2 aromatic rings. The Balaban J connectivity index is 1.35. The molecule has 136 valence electrons. The molecule has 0 aromatic carbocycles. The van der Waals surface area contributed by atoms with E-state index in [4.69, 9.17) is 0 Å². The number of aromatic nitrogens is 3. The second-order valence-electron chi connectivity index (χ2n) is 7.49. The lowest BCUT2D eigenvalue weighted by molar-refractivity contribution is -0.138. The molecule has 1 aliphatic heterocycles. The van der Waals surface area contributed by atoms with Crippen LogP contribution in [-0.2, 0) is 11.3 Å². The van der Waals surface area contributed by atoms with E-state index in [0.717, 1.165) is 24.3 Å². The van der Waals surface area contributed by atoms with Gasteiger partial charge in [-0.25, -0.2) is 4.68 Å². The molecule has 0 atom stereocenters. The van der Waals surface area contributed by atoms with Crippen molar-refractivity contribution in [1.82, 2.24) is 19.7 Å². The third-order valence-corrected chi connectivity index (χ3v) is 5.52. The van der Waals surface area contributed by atoms with Gasteiger partial charge in [-0.05, 0) is 37.0 Å². The minimum atomic E-state index is -0.0986. The third kappa shape index (κ3) is 3.69. The number of carbonyl (C=O) groups is 1. The molecule has 0 N–H and O–H groups in total. The van der Waals surface area contributed by atoms with Crippen molar-refractivity contribution in [1.29, 1.82) is 0 Å². The Bertz CT molecular complexity index is 821. The van der Waals surface area contributed by atoms with Crippen LogP contribution in [0.1, 0.15) is 32.1 Å². The van der Waals surface area contributed by atoms with E-state index in [1.165, 1.54) is 30.4 Å². The molecule has 6 nitrogen and oxygen atoms in total. The van der Waals surface area contributed by atoms with Crippen molar-refractivity contribution in [3.8, 4) is 11.3 Å². The van der Waals surface area contributed by atoms with Crippen LogP contribution in [0, 0.1) is 11.8 Å². The van der Waals surface area contributed by atoms with Crippen LogP contribution in [0.3, 0.4) is 0 Å². The van der Waals surface area contributed by atoms with Crippen LogP contribution in [0.5, 0.6) is 0 Å². The average molecular weight is 352 g/mol. The van der Waals surface area contributed by atoms with Crippen molar-refractivity contribution >= 4 is 5.91 Å². The predicted octanol–water partition coefficient (Wildman–Crippen LogP) is 2.34. The highest BCUT2D eigenvalue weighted by atomic mass is 16.2. The zero-order chi connectivity index (χ0) is 17.9. The maximum atomic E-state index is 12.3. The van der Waals surface area contributed by atoms with Crippen molar-refractivity contribution in [3.05, 3.63) is 47.0 Å². The van der Waals surface area contributed by atoms with Gasteiger partial charge in [-0.15, -0.1) is 0 Å². The van der Waals surface area contributed by atoms with Crippen molar-refractivity contribution < 1.29 is 4.79 Å². The van der Waals surface area contributed by atoms with E-state index < -0.39 is 0 Å². The molecule has 2 aromatic heterocycles. The van der Waals surface area contributed by atoms with Crippen LogP contribution in [0.4, 0.5) is 0 Å². The summed E-state index contributed by atoms with van der Waals surface area (Å²) in [4.78, 5) is 30.4. The van der Waals surface area contributed by atoms with E-state index in [1.807, 2.05) is 17.0 Å². The molecule has 0 bridgehead atoms. The third-order valence-electron chi connectivity index (χ3n) is 5.52. The Labute approximate surface area is 152 Å². The number of carbonyl (C=O) groups excluding carboxylic acids is 1. The highest BCUT2D eigenvalue weighted by Crippen LogP contribution is 2.29. The van der Waals surface area contributed by atoms with Crippen molar-refractivity contribution in [2.24, 2.45) is 11.8 Å². The minimum Gasteiger partial charge on any atom is -0.342 e. The average Bonchev–Trinajstić information content (AvgIpc) is 3.12. The van der Waals surface area contributed by atoms with E-state index in [9.17, 15) is 9.59 Å². The van der Waals surface area contributed by atoms with E-state index in [2.05, 4.69) is 10.1 Å². The molecule has 1 amide bonds. The molecule has 3 heterocycles. The number of rotatable bonds is 5. The van der Waals surface area contributed by atoms with Gasteiger partial charge < -0.3 is 4.90 Å². The summed E-state index contributed by atoms with van der Waals surface area (Å²) in [6.45, 7) is 2.03. The summed E-state index contributed by atoms with van der Waals surface area (Å²) >= 11 is 0. The molecule has 0 radical (unpaired) electrons. The molecular formula is C20H24N4O2. The first-order valence-electron chi connectivity index (χ1n) is 9.45. The quantitative estimate of drug-likeness (QED) is 0.828. The van der Waals surface area contributed by atoms with Crippen LogP contribution in [0.15, 0.2) is 41.5 Å². The number of nitrogens with zero attached hydrogens (tertiary/aromatic N) is 4. The van der Waals surface area contributed by atoms with Gasteiger partial charge >= 0.3 is 0 Å². The number of pyridine rings is 1. The Morgan fingerprint density at radius 3 is 2.50 bits per heavy atom. The molecule has 2 fully saturated rings. The van der Waals surface area contributed by atoms with Crippen molar-refractivity contribution in [2.75, 3.05) is 13.1 Å². The Kier molecular flexibility index (Phi) is 4.82. The number of hydrogen-bond donors (Lipinski definition) is 0. The molecule has 2 aliphatic rings. The van der Waals surface area contributed by atoms with E-state index in [-0.39, 0.29) is 11.5 Å². The maximum absolute atomic E-state index is 12.3. The lowest BCUT2D eigenvalue weighted by Gasteiger charge is -2.39. The van der Waals surface area contributed by atoms with Crippen LogP contribution < -0.4 is 5.56 Å². The molecule has 1 saturated heterocycles. The Hall–Kier alpha value is -2.50. The Morgan fingerprint density at radius 2 is 1.77 bits per heavy atom. The molecule has 26 heavy (non-hydrogen) atoms. The zero-order valence-corrected chi connectivity index (χ0v) is 14.9. The first-order valence-corrected chi connectivity index (χ1v) is 9.45. The normalized spacial score (nSPS) is 18.1. The molecule has 1 aliphatic carbocycles. The Morgan fingerprint density at radius 1 is 1.04 bits per heavy atom. The summed E-state index contributed by atoms with van der Waals surface area (Å²) in [5.41, 5.74) is 1.61. The van der Waals surface area contributed by atoms with Gasteiger partial charge in [0.2, 0.25) is 5.91 Å². The highest BCUT2D eigenvalue weighted by molar-refractivity contribution is 5.77. The SMILES string of the molecule is O=C(CC1CCCC1)N1CC(Cn2nc(-c3ccncc3)ccc2=O)C1. The summed E-state index contributed by atoms with van der Waals surface area (Å²) in [6.07, 6.45) is 9.06. The van der Waals surface area contributed by atoms with Crippen LogP contribution >= 0.6 is 0 Å². The molecule has 6 heteroatoms. The van der Waals surface area contributed by atoms with Crippen molar-refractivity contribution in [3.63, 3.8) is 0 Å². The van der Waals surface area contributed by atoms with Crippen LogP contribution in [-0.4, -0.2) is 38.7 Å². The summed E-state index contributed by atoms with van der Waals surface area (Å²) in [6, 6.07) is 7.06. The van der Waals surface area contributed by atoms with Gasteiger partial charge in [-0.3, -0.25) is 14.6 Å². The van der Waals surface area contributed by atoms with Crippen LogP contribution in [0.2, 0.25) is 0 Å². The fraction of sp³-hybridized carbons (Fsp3) is 0.500. The minimum absolute atomic E-state index is 0.0986. The molecular weight excluding hydrogens is 328 g/mol. The van der Waals surface area contributed by atoms with Crippen molar-refractivity contribution in [2.45, 2.75) is 38.6 Å². The maximum Gasteiger partial charge on any atom is 0.266 e. The summed E-state index contributed by atoms with van der Waals surface area (Å²) in [7, 11) is 0. The zero-order valence-electron chi connectivity index (χ0n) is 14.9.